The van der Waals surface area contributed by atoms with Gasteiger partial charge in [-0.15, -0.1) is 0 Å². The maximum atomic E-state index is 12.7. The van der Waals surface area contributed by atoms with Crippen LogP contribution in [0.15, 0.2) is 10.6 Å². The van der Waals surface area contributed by atoms with E-state index >= 15 is 0 Å². The van der Waals surface area contributed by atoms with Crippen LogP contribution in [-0.2, 0) is 16.1 Å². The predicted molar refractivity (Wildman–Crippen MR) is 97.7 cm³/mol. The van der Waals surface area contributed by atoms with Crippen LogP contribution in [0.5, 0.6) is 0 Å². The number of amides is 1. The molecule has 2 bridgehead atoms. The number of methoxy groups -OCH3 is 1. The topological polar surface area (TPSA) is 58.8 Å². The third-order valence-electron chi connectivity index (χ3n) is 6.39. The Morgan fingerprint density at radius 3 is 2.81 bits per heavy atom. The number of fused-ring (bicyclic) bond motifs is 4. The van der Waals surface area contributed by atoms with Crippen LogP contribution in [0.25, 0.3) is 0 Å². The van der Waals surface area contributed by atoms with E-state index in [1.165, 1.54) is 32.1 Å². The van der Waals surface area contributed by atoms with Crippen LogP contribution in [0, 0.1) is 5.92 Å². The third kappa shape index (κ3) is 3.81. The van der Waals surface area contributed by atoms with Gasteiger partial charge in [-0.25, -0.2) is 0 Å². The molecule has 0 radical (unpaired) electrons. The van der Waals surface area contributed by atoms with Gasteiger partial charge in [0.15, 0.2) is 5.76 Å². The highest BCUT2D eigenvalue weighted by atomic mass is 16.5. The molecule has 1 saturated carbocycles. The first-order chi connectivity index (χ1) is 12.7. The normalized spacial score (nSPS) is 27.9. The molecule has 2 atom stereocenters. The summed E-state index contributed by atoms with van der Waals surface area (Å²) in [6, 6.07) is 2.46. The van der Waals surface area contributed by atoms with Crippen molar-refractivity contribution in [1.82, 2.24) is 15.0 Å². The van der Waals surface area contributed by atoms with E-state index in [2.05, 4.69) is 16.1 Å². The fourth-order valence-electron chi connectivity index (χ4n) is 4.96. The number of aromatic nitrogens is 1. The highest BCUT2D eigenvalue weighted by molar-refractivity contribution is 5.80. The summed E-state index contributed by atoms with van der Waals surface area (Å²) in [6.45, 7) is 3.84. The molecule has 6 heteroatoms. The molecule has 6 nitrogen and oxygen atoms in total. The molecular weight excluding hydrogens is 330 g/mol. The van der Waals surface area contributed by atoms with Crippen molar-refractivity contribution in [2.24, 2.45) is 5.92 Å². The second-order valence-electron chi connectivity index (χ2n) is 8.20. The lowest BCUT2D eigenvalue weighted by atomic mass is 9.87. The number of hydrogen-bond acceptors (Lipinski definition) is 5. The molecular formula is C20H31N3O3. The van der Waals surface area contributed by atoms with Crippen molar-refractivity contribution in [3.8, 4) is 0 Å². The number of carbonyl (C=O) groups is 1. The minimum Gasteiger partial charge on any atom is -0.383 e. The Morgan fingerprint density at radius 2 is 2.00 bits per heavy atom. The average Bonchev–Trinajstić information content (AvgIpc) is 2.97. The number of piperidine rings is 1. The van der Waals surface area contributed by atoms with Crippen molar-refractivity contribution in [2.75, 3.05) is 33.4 Å². The lowest BCUT2D eigenvalue weighted by molar-refractivity contribution is -0.140. The Balaban J connectivity index is 1.40. The number of nitrogens with zero attached hydrogens (tertiary/aromatic N) is 3. The Labute approximate surface area is 155 Å². The molecule has 0 N–H and O–H groups in total. The van der Waals surface area contributed by atoms with Crippen LogP contribution in [0.1, 0.15) is 62.3 Å². The van der Waals surface area contributed by atoms with E-state index < -0.39 is 0 Å². The molecule has 0 unspecified atom stereocenters. The summed E-state index contributed by atoms with van der Waals surface area (Å²) in [5.41, 5.74) is 1.13. The first-order valence-corrected chi connectivity index (χ1v) is 10.2. The molecule has 3 aliphatic heterocycles. The number of hydrogen-bond donors (Lipinski definition) is 0. The van der Waals surface area contributed by atoms with Crippen LogP contribution in [-0.4, -0.2) is 60.3 Å². The maximum absolute atomic E-state index is 12.7. The minimum atomic E-state index is 0.117. The summed E-state index contributed by atoms with van der Waals surface area (Å²) in [6.07, 6.45) is 8.55. The van der Waals surface area contributed by atoms with E-state index in [0.717, 1.165) is 43.9 Å². The maximum Gasteiger partial charge on any atom is 0.227 e. The van der Waals surface area contributed by atoms with Gasteiger partial charge < -0.3 is 14.2 Å². The van der Waals surface area contributed by atoms with Gasteiger partial charge in [-0.05, 0) is 25.7 Å². The van der Waals surface area contributed by atoms with Gasteiger partial charge in [-0.3, -0.25) is 9.69 Å². The van der Waals surface area contributed by atoms with Crippen LogP contribution < -0.4 is 0 Å². The van der Waals surface area contributed by atoms with Gasteiger partial charge in [0.25, 0.3) is 0 Å². The lowest BCUT2D eigenvalue weighted by Gasteiger charge is -2.35. The fraction of sp³-hybridized carbons (Fsp3) is 0.800. The molecule has 1 amide bonds. The van der Waals surface area contributed by atoms with Crippen LogP contribution in [0.3, 0.4) is 0 Å². The summed E-state index contributed by atoms with van der Waals surface area (Å²) in [4.78, 5) is 17.2. The van der Waals surface area contributed by atoms with E-state index in [1.807, 2.05) is 4.90 Å². The van der Waals surface area contributed by atoms with Crippen molar-refractivity contribution < 1.29 is 14.1 Å². The van der Waals surface area contributed by atoms with E-state index in [0.29, 0.717) is 31.0 Å². The van der Waals surface area contributed by atoms with Gasteiger partial charge in [-0.1, -0.05) is 24.4 Å². The fourth-order valence-corrected chi connectivity index (χ4v) is 4.96. The number of carbonyl (C=O) groups excluding carboxylic acids is 1. The first-order valence-electron chi connectivity index (χ1n) is 10.2. The third-order valence-corrected chi connectivity index (χ3v) is 6.39. The quantitative estimate of drug-likeness (QED) is 0.780. The standard InChI is InChI=1S/C20H31N3O3/c1-25-10-9-23-17-8-7-16(20(23)24)12-22(13-17)14-18-11-19(21-26-18)15-5-3-2-4-6-15/h11,15-17H,2-10,12-14H2,1H3/t16-,17+/m1/s1. The van der Waals surface area contributed by atoms with Gasteiger partial charge in [0.1, 0.15) is 0 Å². The molecule has 26 heavy (non-hydrogen) atoms. The van der Waals surface area contributed by atoms with Crippen molar-refractivity contribution in [2.45, 2.75) is 63.5 Å². The molecule has 4 fully saturated rings. The molecule has 4 heterocycles. The van der Waals surface area contributed by atoms with Crippen molar-refractivity contribution in [3.05, 3.63) is 17.5 Å². The zero-order valence-electron chi connectivity index (χ0n) is 15.9. The van der Waals surface area contributed by atoms with Gasteiger partial charge in [0.2, 0.25) is 5.91 Å². The second-order valence-corrected chi connectivity index (χ2v) is 8.20. The van der Waals surface area contributed by atoms with E-state index in [4.69, 9.17) is 9.26 Å². The first kappa shape index (κ1) is 18.0. The second kappa shape index (κ2) is 8.09. The van der Waals surface area contributed by atoms with Crippen LogP contribution in [0.2, 0.25) is 0 Å². The van der Waals surface area contributed by atoms with Gasteiger partial charge in [-0.2, -0.15) is 0 Å². The van der Waals surface area contributed by atoms with Crippen LogP contribution >= 0.6 is 0 Å². The van der Waals surface area contributed by atoms with E-state index in [1.54, 1.807) is 7.11 Å². The van der Waals surface area contributed by atoms with Gasteiger partial charge in [0.05, 0.1) is 24.8 Å². The van der Waals surface area contributed by atoms with Crippen LogP contribution in [0.4, 0.5) is 0 Å². The molecule has 0 spiro atoms. The molecule has 4 aliphatic rings. The van der Waals surface area contributed by atoms with E-state index in [-0.39, 0.29) is 5.92 Å². The van der Waals surface area contributed by atoms with Crippen molar-refractivity contribution in [3.63, 3.8) is 0 Å². The molecule has 144 valence electrons. The minimum absolute atomic E-state index is 0.117. The number of ether oxygens (including phenoxy) is 1. The Hall–Kier alpha value is -1.40. The molecule has 0 aromatic carbocycles. The van der Waals surface area contributed by atoms with Crippen molar-refractivity contribution >= 4 is 5.91 Å². The zero-order chi connectivity index (χ0) is 17.9. The monoisotopic (exact) mass is 361 g/mol. The Bertz CT molecular complexity index is 611. The largest absolute Gasteiger partial charge is 0.383 e. The predicted octanol–water partition coefficient (Wildman–Crippen LogP) is 2.79. The summed E-state index contributed by atoms with van der Waals surface area (Å²) in [5.74, 6) is 1.95. The molecule has 3 saturated heterocycles. The lowest BCUT2D eigenvalue weighted by Crippen LogP contribution is -2.49. The highest BCUT2D eigenvalue weighted by Gasteiger charge is 2.40. The highest BCUT2D eigenvalue weighted by Crippen LogP contribution is 2.33. The molecule has 1 aliphatic carbocycles. The average molecular weight is 361 g/mol. The van der Waals surface area contributed by atoms with E-state index in [9.17, 15) is 4.79 Å². The molecule has 1 aromatic heterocycles. The molecule has 1 aromatic rings. The summed E-state index contributed by atoms with van der Waals surface area (Å²) in [5, 5.41) is 4.36. The SMILES string of the molecule is COCCN1C(=O)[C@@H]2CC[C@H]1CN(Cc1cc(C3CCCCC3)no1)C2. The van der Waals surface area contributed by atoms with Crippen molar-refractivity contribution in [1.29, 1.82) is 0 Å². The Kier molecular flexibility index (Phi) is 5.60. The molecule has 5 rings (SSSR count). The number of rotatable bonds is 6. The summed E-state index contributed by atoms with van der Waals surface area (Å²) in [7, 11) is 1.70. The van der Waals surface area contributed by atoms with Gasteiger partial charge in [0, 0.05) is 44.8 Å². The zero-order valence-corrected chi connectivity index (χ0v) is 15.9. The summed E-state index contributed by atoms with van der Waals surface area (Å²) >= 11 is 0. The van der Waals surface area contributed by atoms with Gasteiger partial charge >= 0.3 is 0 Å². The summed E-state index contributed by atoms with van der Waals surface area (Å²) < 4.78 is 10.9. The smallest absolute Gasteiger partial charge is 0.227 e. The Morgan fingerprint density at radius 1 is 1.15 bits per heavy atom.